The molecule has 1 amide bonds. The topological polar surface area (TPSA) is 32.3 Å². The Morgan fingerprint density at radius 1 is 1.35 bits per heavy atom. The summed E-state index contributed by atoms with van der Waals surface area (Å²) in [7, 11) is 0. The normalized spacial score (nSPS) is 21.9. The maximum Gasteiger partial charge on any atom is 0.231 e. The highest BCUT2D eigenvalue weighted by molar-refractivity contribution is 5.96. The zero-order valence-electron chi connectivity index (χ0n) is 12.0. The van der Waals surface area contributed by atoms with Gasteiger partial charge >= 0.3 is 0 Å². The number of rotatable bonds is 1. The summed E-state index contributed by atoms with van der Waals surface area (Å²) in [6.07, 6.45) is 4.33. The average molecular weight is 295 g/mol. The van der Waals surface area contributed by atoms with Gasteiger partial charge in [-0.2, -0.15) is 0 Å². The van der Waals surface area contributed by atoms with Crippen LogP contribution in [0.4, 0.5) is 5.69 Å². The Kier molecular flexibility index (Phi) is 5.06. The molecule has 0 aliphatic carbocycles. The van der Waals surface area contributed by atoms with Crippen molar-refractivity contribution in [1.82, 2.24) is 5.32 Å². The van der Waals surface area contributed by atoms with Crippen molar-refractivity contribution >= 4 is 24.0 Å². The molecule has 1 unspecified atom stereocenters. The van der Waals surface area contributed by atoms with E-state index in [1.807, 2.05) is 4.90 Å². The van der Waals surface area contributed by atoms with Crippen molar-refractivity contribution in [2.24, 2.45) is 5.92 Å². The van der Waals surface area contributed by atoms with Crippen LogP contribution in [-0.2, 0) is 11.2 Å². The van der Waals surface area contributed by atoms with Gasteiger partial charge in [-0.25, -0.2) is 0 Å². The lowest BCUT2D eigenvalue weighted by molar-refractivity contribution is -0.122. The minimum atomic E-state index is 0. The maximum absolute atomic E-state index is 12.7. The number of piperidine rings is 1. The van der Waals surface area contributed by atoms with Crippen LogP contribution in [0.15, 0.2) is 18.2 Å². The second-order valence-electron chi connectivity index (χ2n) is 5.77. The van der Waals surface area contributed by atoms with Crippen molar-refractivity contribution in [3.8, 4) is 0 Å². The number of carbonyl (C=O) groups excluding carboxylic acids is 1. The molecule has 0 radical (unpaired) electrons. The summed E-state index contributed by atoms with van der Waals surface area (Å²) in [6.45, 7) is 4.88. The molecule has 3 nitrogen and oxygen atoms in total. The van der Waals surface area contributed by atoms with E-state index in [1.54, 1.807) is 0 Å². The Morgan fingerprint density at radius 3 is 2.95 bits per heavy atom. The number of aryl methyl sites for hydroxylation is 2. The van der Waals surface area contributed by atoms with Gasteiger partial charge in [-0.15, -0.1) is 12.4 Å². The SMILES string of the molecule is Cc1ccc2c(c1)N(C(=O)C1CCCNC1)CCC2.Cl. The smallest absolute Gasteiger partial charge is 0.231 e. The molecule has 2 aliphatic rings. The van der Waals surface area contributed by atoms with E-state index in [9.17, 15) is 4.79 Å². The Labute approximate surface area is 127 Å². The molecule has 0 bridgehead atoms. The first-order valence-electron chi connectivity index (χ1n) is 7.37. The minimum Gasteiger partial charge on any atom is -0.316 e. The number of anilines is 1. The lowest BCUT2D eigenvalue weighted by Gasteiger charge is -2.34. The summed E-state index contributed by atoms with van der Waals surface area (Å²) in [4.78, 5) is 14.7. The van der Waals surface area contributed by atoms with Crippen molar-refractivity contribution in [3.05, 3.63) is 29.3 Å². The number of nitrogens with zero attached hydrogens (tertiary/aromatic N) is 1. The van der Waals surface area contributed by atoms with Crippen molar-refractivity contribution in [2.45, 2.75) is 32.6 Å². The summed E-state index contributed by atoms with van der Waals surface area (Å²) >= 11 is 0. The van der Waals surface area contributed by atoms with Crippen LogP contribution in [0.3, 0.4) is 0 Å². The summed E-state index contributed by atoms with van der Waals surface area (Å²) < 4.78 is 0. The van der Waals surface area contributed by atoms with E-state index >= 15 is 0 Å². The average Bonchev–Trinajstić information content (AvgIpc) is 2.47. The van der Waals surface area contributed by atoms with Crippen molar-refractivity contribution < 1.29 is 4.79 Å². The number of hydrogen-bond donors (Lipinski definition) is 1. The van der Waals surface area contributed by atoms with Crippen LogP contribution in [0.1, 0.15) is 30.4 Å². The van der Waals surface area contributed by atoms with Gasteiger partial charge in [-0.05, 0) is 56.3 Å². The molecule has 1 aromatic rings. The molecule has 1 saturated heterocycles. The maximum atomic E-state index is 12.7. The highest BCUT2D eigenvalue weighted by Gasteiger charge is 2.29. The van der Waals surface area contributed by atoms with Crippen LogP contribution in [0.25, 0.3) is 0 Å². The van der Waals surface area contributed by atoms with Gasteiger partial charge in [0.15, 0.2) is 0 Å². The first kappa shape index (κ1) is 15.3. The van der Waals surface area contributed by atoms with E-state index in [4.69, 9.17) is 0 Å². The molecule has 2 heterocycles. The van der Waals surface area contributed by atoms with Gasteiger partial charge in [0.25, 0.3) is 0 Å². The predicted octanol–water partition coefficient (Wildman–Crippen LogP) is 2.70. The molecule has 1 atom stereocenters. The molecular formula is C16H23ClN2O. The van der Waals surface area contributed by atoms with E-state index in [0.29, 0.717) is 5.91 Å². The summed E-state index contributed by atoms with van der Waals surface area (Å²) in [5.41, 5.74) is 3.72. The molecule has 0 spiro atoms. The van der Waals surface area contributed by atoms with Crippen LogP contribution >= 0.6 is 12.4 Å². The molecule has 4 heteroatoms. The third kappa shape index (κ3) is 2.99. The van der Waals surface area contributed by atoms with Crippen molar-refractivity contribution in [1.29, 1.82) is 0 Å². The van der Waals surface area contributed by atoms with Crippen LogP contribution in [0, 0.1) is 12.8 Å². The Hall–Kier alpha value is -1.06. The number of halogens is 1. The van der Waals surface area contributed by atoms with Crippen LogP contribution < -0.4 is 10.2 Å². The first-order chi connectivity index (χ1) is 9.25. The lowest BCUT2D eigenvalue weighted by Crippen LogP contribution is -2.45. The zero-order valence-corrected chi connectivity index (χ0v) is 12.8. The second-order valence-corrected chi connectivity index (χ2v) is 5.77. The van der Waals surface area contributed by atoms with E-state index in [1.165, 1.54) is 11.1 Å². The van der Waals surface area contributed by atoms with Crippen molar-refractivity contribution in [3.63, 3.8) is 0 Å². The number of nitrogens with one attached hydrogen (secondary N) is 1. The van der Waals surface area contributed by atoms with Gasteiger partial charge in [0, 0.05) is 18.8 Å². The standard InChI is InChI=1S/C16H22N2O.ClH/c1-12-6-7-13-5-3-9-18(15(13)10-12)16(19)14-4-2-8-17-11-14;/h6-7,10,14,17H,2-5,8-9,11H2,1H3;1H. The minimum absolute atomic E-state index is 0. The monoisotopic (exact) mass is 294 g/mol. The molecule has 1 aromatic carbocycles. The van der Waals surface area contributed by atoms with Crippen LogP contribution in [0.2, 0.25) is 0 Å². The quantitative estimate of drug-likeness (QED) is 0.864. The van der Waals surface area contributed by atoms with Crippen LogP contribution in [-0.4, -0.2) is 25.5 Å². The van der Waals surface area contributed by atoms with E-state index in [0.717, 1.165) is 51.0 Å². The largest absolute Gasteiger partial charge is 0.316 e. The highest BCUT2D eigenvalue weighted by Crippen LogP contribution is 2.30. The van der Waals surface area contributed by atoms with E-state index in [-0.39, 0.29) is 18.3 Å². The number of fused-ring (bicyclic) bond motifs is 1. The van der Waals surface area contributed by atoms with Gasteiger partial charge < -0.3 is 10.2 Å². The fraction of sp³-hybridized carbons (Fsp3) is 0.562. The van der Waals surface area contributed by atoms with Crippen LogP contribution in [0.5, 0.6) is 0 Å². The number of hydrogen-bond acceptors (Lipinski definition) is 2. The molecule has 3 rings (SSSR count). The fourth-order valence-corrected chi connectivity index (χ4v) is 3.20. The molecule has 2 aliphatic heterocycles. The Morgan fingerprint density at radius 2 is 2.20 bits per heavy atom. The lowest BCUT2D eigenvalue weighted by atomic mass is 9.94. The van der Waals surface area contributed by atoms with Gasteiger partial charge in [0.1, 0.15) is 0 Å². The van der Waals surface area contributed by atoms with Gasteiger partial charge in [0.2, 0.25) is 5.91 Å². The van der Waals surface area contributed by atoms with E-state index in [2.05, 4.69) is 30.4 Å². The fourth-order valence-electron chi connectivity index (χ4n) is 3.20. The number of amides is 1. The Bertz CT molecular complexity index is 483. The van der Waals surface area contributed by atoms with E-state index < -0.39 is 0 Å². The van der Waals surface area contributed by atoms with Gasteiger partial charge in [-0.3, -0.25) is 4.79 Å². The third-order valence-electron chi connectivity index (χ3n) is 4.27. The summed E-state index contributed by atoms with van der Waals surface area (Å²) in [6, 6.07) is 6.50. The highest BCUT2D eigenvalue weighted by atomic mass is 35.5. The zero-order chi connectivity index (χ0) is 13.2. The summed E-state index contributed by atoms with van der Waals surface area (Å²) in [5.74, 6) is 0.485. The molecule has 0 aromatic heterocycles. The van der Waals surface area contributed by atoms with Gasteiger partial charge in [-0.1, -0.05) is 12.1 Å². The Balaban J connectivity index is 0.00000147. The molecule has 1 fully saturated rings. The molecule has 0 saturated carbocycles. The van der Waals surface area contributed by atoms with Crippen molar-refractivity contribution in [2.75, 3.05) is 24.5 Å². The van der Waals surface area contributed by atoms with Gasteiger partial charge in [0.05, 0.1) is 5.92 Å². The molecular weight excluding hydrogens is 272 g/mol. The third-order valence-corrected chi connectivity index (χ3v) is 4.27. The second kappa shape index (κ2) is 6.59. The molecule has 20 heavy (non-hydrogen) atoms. The number of benzene rings is 1. The summed E-state index contributed by atoms with van der Waals surface area (Å²) in [5, 5.41) is 3.34. The predicted molar refractivity (Wildman–Crippen MR) is 84.7 cm³/mol. The number of carbonyl (C=O) groups is 1. The molecule has 110 valence electrons. The molecule has 1 N–H and O–H groups in total. The first-order valence-corrected chi connectivity index (χ1v) is 7.37.